The van der Waals surface area contributed by atoms with Crippen molar-refractivity contribution in [3.63, 3.8) is 0 Å². The summed E-state index contributed by atoms with van der Waals surface area (Å²) in [5.41, 5.74) is 0.969. The molecule has 3 rings (SSSR count). The molecule has 0 radical (unpaired) electrons. The van der Waals surface area contributed by atoms with Gasteiger partial charge in [-0.05, 0) is 12.1 Å². The van der Waals surface area contributed by atoms with Crippen LogP contribution >= 0.6 is 0 Å². The lowest BCUT2D eigenvalue weighted by Crippen LogP contribution is -2.32. The van der Waals surface area contributed by atoms with E-state index in [1.165, 1.54) is 10.7 Å². The molecule has 0 saturated carbocycles. The molecule has 3 heterocycles. The van der Waals surface area contributed by atoms with Crippen molar-refractivity contribution in [1.29, 1.82) is 0 Å². The number of rotatable bonds is 4. The van der Waals surface area contributed by atoms with Gasteiger partial charge in [0.2, 0.25) is 5.91 Å². The number of carbonyl (C=O) groups excluding carboxylic acids is 1. The number of nitrogens with zero attached hydrogens (tertiary/aromatic N) is 4. The Morgan fingerprint density at radius 2 is 2.30 bits per heavy atom. The Bertz CT molecular complexity index is 786. The summed E-state index contributed by atoms with van der Waals surface area (Å²) in [6.07, 6.45) is 4.77. The molecule has 0 fully saturated rings. The molecule has 0 unspecified atom stereocenters. The normalized spacial score (nSPS) is 10.8. The number of pyridine rings is 1. The Morgan fingerprint density at radius 1 is 1.40 bits per heavy atom. The molecular weight excluding hydrogens is 260 g/mol. The van der Waals surface area contributed by atoms with Crippen LogP contribution in [0.3, 0.4) is 0 Å². The molecule has 20 heavy (non-hydrogen) atoms. The molecule has 2 N–H and O–H groups in total. The molecule has 1 amide bonds. The molecule has 102 valence electrons. The van der Waals surface area contributed by atoms with Gasteiger partial charge in [0.05, 0.1) is 18.6 Å². The lowest BCUT2D eigenvalue weighted by molar-refractivity contribution is -0.122. The Balaban J connectivity index is 1.71. The van der Waals surface area contributed by atoms with Gasteiger partial charge in [0.25, 0.3) is 0 Å². The van der Waals surface area contributed by atoms with Crippen LogP contribution in [0, 0.1) is 0 Å². The number of amides is 1. The molecule has 0 atom stereocenters. The Labute approximate surface area is 113 Å². The second kappa shape index (κ2) is 5.00. The van der Waals surface area contributed by atoms with Gasteiger partial charge in [-0.1, -0.05) is 6.07 Å². The number of aromatic nitrogens is 5. The van der Waals surface area contributed by atoms with E-state index in [0.29, 0.717) is 12.2 Å². The van der Waals surface area contributed by atoms with Crippen molar-refractivity contribution in [2.75, 3.05) is 0 Å². The van der Waals surface area contributed by atoms with Crippen LogP contribution in [-0.4, -0.2) is 30.1 Å². The van der Waals surface area contributed by atoms with Crippen LogP contribution < -0.4 is 11.0 Å². The minimum atomic E-state index is -0.336. The number of carbonyl (C=O) groups is 1. The van der Waals surface area contributed by atoms with E-state index in [1.807, 2.05) is 0 Å². The zero-order valence-corrected chi connectivity index (χ0v) is 10.5. The Kier molecular flexibility index (Phi) is 3.04. The first kappa shape index (κ1) is 12.2. The zero-order valence-electron chi connectivity index (χ0n) is 10.5. The van der Waals surface area contributed by atoms with Gasteiger partial charge in [0.15, 0.2) is 5.65 Å². The average molecular weight is 272 g/mol. The van der Waals surface area contributed by atoms with Crippen molar-refractivity contribution in [2.45, 2.75) is 13.1 Å². The molecule has 0 bridgehead atoms. The number of imidazole rings is 1. The van der Waals surface area contributed by atoms with Crippen molar-refractivity contribution in [2.24, 2.45) is 0 Å². The van der Waals surface area contributed by atoms with Gasteiger partial charge in [-0.3, -0.25) is 9.20 Å². The van der Waals surface area contributed by atoms with E-state index in [-0.39, 0.29) is 18.1 Å². The van der Waals surface area contributed by atoms with Crippen molar-refractivity contribution >= 4 is 11.6 Å². The third kappa shape index (κ3) is 2.30. The maximum Gasteiger partial charge on any atom is 0.350 e. The van der Waals surface area contributed by atoms with Crippen LogP contribution in [0.1, 0.15) is 5.69 Å². The third-order valence-corrected chi connectivity index (χ3v) is 2.81. The van der Waals surface area contributed by atoms with Gasteiger partial charge in [-0.15, -0.1) is 5.10 Å². The first-order valence-corrected chi connectivity index (χ1v) is 6.02. The van der Waals surface area contributed by atoms with Crippen LogP contribution in [0.5, 0.6) is 0 Å². The maximum atomic E-state index is 12.0. The lowest BCUT2D eigenvalue weighted by Gasteiger charge is -2.02. The first-order chi connectivity index (χ1) is 9.74. The van der Waals surface area contributed by atoms with Crippen molar-refractivity contribution < 1.29 is 4.79 Å². The summed E-state index contributed by atoms with van der Waals surface area (Å²) in [6.45, 7) is 0.218. The van der Waals surface area contributed by atoms with E-state index in [1.54, 1.807) is 30.6 Å². The summed E-state index contributed by atoms with van der Waals surface area (Å²) in [7, 11) is 0. The van der Waals surface area contributed by atoms with Crippen LogP contribution in [0.2, 0.25) is 0 Å². The fraction of sp³-hybridized carbons (Fsp3) is 0.167. The summed E-state index contributed by atoms with van der Waals surface area (Å²) in [5.74, 6) is -0.287. The largest absolute Gasteiger partial charge is 0.350 e. The number of fused-ring (bicyclic) bond motifs is 1. The Morgan fingerprint density at radius 3 is 3.05 bits per heavy atom. The van der Waals surface area contributed by atoms with E-state index < -0.39 is 0 Å². The molecule has 0 spiro atoms. The third-order valence-electron chi connectivity index (χ3n) is 2.81. The molecule has 0 aliphatic heterocycles. The summed E-state index contributed by atoms with van der Waals surface area (Å²) < 4.78 is 2.53. The molecular formula is C12H12N6O2. The highest BCUT2D eigenvalue weighted by Crippen LogP contribution is 1.95. The minimum Gasteiger partial charge on any atom is -0.349 e. The lowest BCUT2D eigenvalue weighted by atomic mass is 10.4. The zero-order chi connectivity index (χ0) is 13.9. The summed E-state index contributed by atoms with van der Waals surface area (Å²) in [6, 6.07) is 5.23. The van der Waals surface area contributed by atoms with Crippen LogP contribution in [0.4, 0.5) is 0 Å². The van der Waals surface area contributed by atoms with Gasteiger partial charge < -0.3 is 10.3 Å². The second-order valence-electron chi connectivity index (χ2n) is 4.22. The Hall–Kier alpha value is -2.90. The van der Waals surface area contributed by atoms with Gasteiger partial charge in [-0.25, -0.2) is 14.5 Å². The highest BCUT2D eigenvalue weighted by Gasteiger charge is 2.10. The predicted octanol–water partition coefficient (Wildman–Crippen LogP) is -0.465. The topological polar surface area (TPSA) is 97.1 Å². The molecule has 3 aromatic rings. The van der Waals surface area contributed by atoms with Gasteiger partial charge >= 0.3 is 5.69 Å². The summed E-state index contributed by atoms with van der Waals surface area (Å²) in [5, 5.41) is 6.77. The second-order valence-corrected chi connectivity index (χ2v) is 4.22. The summed E-state index contributed by atoms with van der Waals surface area (Å²) >= 11 is 0. The van der Waals surface area contributed by atoms with Crippen LogP contribution in [0.25, 0.3) is 5.65 Å². The maximum absolute atomic E-state index is 12.0. The highest BCUT2D eigenvalue weighted by atomic mass is 16.2. The summed E-state index contributed by atoms with van der Waals surface area (Å²) in [4.78, 5) is 30.5. The molecule has 8 nitrogen and oxygen atoms in total. The number of aromatic amines is 1. The van der Waals surface area contributed by atoms with Crippen LogP contribution in [0.15, 0.2) is 41.7 Å². The molecule has 0 aliphatic carbocycles. The quantitative estimate of drug-likeness (QED) is 0.671. The van der Waals surface area contributed by atoms with Crippen molar-refractivity contribution in [1.82, 2.24) is 29.5 Å². The van der Waals surface area contributed by atoms with E-state index in [4.69, 9.17) is 0 Å². The smallest absolute Gasteiger partial charge is 0.349 e. The van der Waals surface area contributed by atoms with E-state index in [9.17, 15) is 9.59 Å². The molecule has 0 aliphatic rings. The van der Waals surface area contributed by atoms with Crippen molar-refractivity contribution in [3.8, 4) is 0 Å². The fourth-order valence-corrected chi connectivity index (χ4v) is 1.84. The van der Waals surface area contributed by atoms with Gasteiger partial charge in [-0.2, -0.15) is 0 Å². The van der Waals surface area contributed by atoms with Crippen molar-refractivity contribution in [3.05, 3.63) is 53.1 Å². The standard InChI is InChI=1S/C12H12N6O2/c19-11(14-6-9-5-13-8-15-9)7-18-12(20)17-4-2-1-3-10(17)16-18/h1-5,8H,6-7H2,(H,13,15)(H,14,19). The number of nitrogens with one attached hydrogen (secondary N) is 2. The highest BCUT2D eigenvalue weighted by molar-refractivity contribution is 5.75. The average Bonchev–Trinajstić information content (AvgIpc) is 3.07. The fourth-order valence-electron chi connectivity index (χ4n) is 1.84. The first-order valence-electron chi connectivity index (χ1n) is 6.02. The van der Waals surface area contributed by atoms with Gasteiger partial charge in [0, 0.05) is 12.4 Å². The number of hydrogen-bond donors (Lipinski definition) is 2. The SMILES string of the molecule is O=C(Cn1nc2ccccn2c1=O)NCc1cnc[nH]1. The van der Waals surface area contributed by atoms with Gasteiger partial charge in [0.1, 0.15) is 6.54 Å². The predicted molar refractivity (Wildman–Crippen MR) is 69.9 cm³/mol. The molecule has 0 saturated heterocycles. The van der Waals surface area contributed by atoms with E-state index in [0.717, 1.165) is 10.4 Å². The minimum absolute atomic E-state index is 0.116. The molecule has 0 aromatic carbocycles. The molecule has 3 aromatic heterocycles. The van der Waals surface area contributed by atoms with E-state index >= 15 is 0 Å². The number of hydrogen-bond acceptors (Lipinski definition) is 4. The monoisotopic (exact) mass is 272 g/mol. The van der Waals surface area contributed by atoms with Crippen LogP contribution in [-0.2, 0) is 17.9 Å². The number of H-pyrrole nitrogens is 1. The van der Waals surface area contributed by atoms with E-state index in [2.05, 4.69) is 20.4 Å². The molecule has 8 heteroatoms.